The minimum Gasteiger partial charge on any atom is -0.420 e. The lowest BCUT2D eigenvalue weighted by molar-refractivity contribution is 0.0728. The van der Waals surface area contributed by atoms with Gasteiger partial charge in [0.1, 0.15) is 5.75 Å². The number of ether oxygens (including phenoxy) is 1. The van der Waals surface area contributed by atoms with E-state index in [-0.39, 0.29) is 22.9 Å². The average Bonchev–Trinajstić information content (AvgIpc) is 2.59. The Morgan fingerprint density at radius 1 is 1.12 bits per heavy atom. The van der Waals surface area contributed by atoms with Crippen molar-refractivity contribution in [3.63, 3.8) is 0 Å². The van der Waals surface area contributed by atoms with Gasteiger partial charge in [-0.1, -0.05) is 55.8 Å². The Morgan fingerprint density at radius 2 is 1.76 bits per heavy atom. The van der Waals surface area contributed by atoms with Crippen molar-refractivity contribution >= 4 is 28.3 Å². The summed E-state index contributed by atoms with van der Waals surface area (Å²) in [7, 11) is 0. The van der Waals surface area contributed by atoms with Crippen LogP contribution >= 0.6 is 11.6 Å². The molecule has 5 nitrogen and oxygen atoms in total. The van der Waals surface area contributed by atoms with Gasteiger partial charge in [0, 0.05) is 11.9 Å². The zero-order chi connectivity index (χ0) is 18.0. The molecule has 3 rings (SSSR count). The van der Waals surface area contributed by atoms with Gasteiger partial charge in [-0.25, -0.2) is 9.48 Å². The smallest absolute Gasteiger partial charge is 0.364 e. The summed E-state index contributed by atoms with van der Waals surface area (Å²) < 4.78 is 6.71. The van der Waals surface area contributed by atoms with E-state index >= 15 is 0 Å². The Balaban J connectivity index is 2.11. The number of para-hydroxylation sites is 1. The van der Waals surface area contributed by atoms with Crippen LogP contribution in [-0.4, -0.2) is 15.7 Å². The second kappa shape index (κ2) is 7.07. The van der Waals surface area contributed by atoms with Crippen molar-refractivity contribution < 1.29 is 9.53 Å². The van der Waals surface area contributed by atoms with Gasteiger partial charge in [-0.15, -0.1) is 0 Å². The van der Waals surface area contributed by atoms with E-state index in [0.29, 0.717) is 22.3 Å². The first-order chi connectivity index (χ1) is 12.0. The highest BCUT2D eigenvalue weighted by Gasteiger charge is 2.19. The van der Waals surface area contributed by atoms with Gasteiger partial charge in [-0.3, -0.25) is 4.79 Å². The van der Waals surface area contributed by atoms with Crippen LogP contribution in [0, 0.1) is 5.92 Å². The van der Waals surface area contributed by atoms with Crippen LogP contribution in [-0.2, 0) is 6.54 Å². The molecule has 0 aliphatic heterocycles. The first kappa shape index (κ1) is 17.2. The number of benzene rings is 2. The van der Waals surface area contributed by atoms with E-state index in [9.17, 15) is 9.59 Å². The molecule has 1 aromatic heterocycles. The molecule has 128 valence electrons. The number of aromatic nitrogens is 2. The number of hydrogen-bond acceptors (Lipinski definition) is 4. The van der Waals surface area contributed by atoms with Crippen molar-refractivity contribution in [3.8, 4) is 5.75 Å². The topological polar surface area (TPSA) is 61.2 Å². The molecule has 0 bridgehead atoms. The summed E-state index contributed by atoms with van der Waals surface area (Å²) in [5.41, 5.74) is -0.130. The first-order valence-electron chi connectivity index (χ1n) is 7.94. The Morgan fingerprint density at radius 3 is 2.44 bits per heavy atom. The molecule has 0 aliphatic rings. The molecule has 0 spiro atoms. The summed E-state index contributed by atoms with van der Waals surface area (Å²) in [6.45, 7) is 4.37. The van der Waals surface area contributed by atoms with E-state index in [2.05, 4.69) is 5.10 Å². The molecule has 0 amide bonds. The number of hydrogen-bond donors (Lipinski definition) is 0. The van der Waals surface area contributed by atoms with Crippen molar-refractivity contribution in [3.05, 3.63) is 69.6 Å². The number of carbonyl (C=O) groups is 1. The van der Waals surface area contributed by atoms with E-state index in [0.717, 1.165) is 0 Å². The maximum absolute atomic E-state index is 12.7. The number of rotatable bonds is 4. The lowest BCUT2D eigenvalue weighted by Crippen LogP contribution is -2.28. The molecule has 0 fully saturated rings. The molecule has 0 saturated heterocycles. The normalized spacial score (nSPS) is 11.0. The second-order valence-corrected chi connectivity index (χ2v) is 6.50. The van der Waals surface area contributed by atoms with Crippen LogP contribution in [0.4, 0.5) is 0 Å². The van der Waals surface area contributed by atoms with Crippen LogP contribution in [0.1, 0.15) is 24.3 Å². The summed E-state index contributed by atoms with van der Waals surface area (Å²) in [4.78, 5) is 25.2. The predicted octanol–water partition coefficient (Wildman–Crippen LogP) is 3.93. The maximum Gasteiger partial charge on any atom is 0.364 e. The van der Waals surface area contributed by atoms with Crippen LogP contribution in [0.2, 0.25) is 5.02 Å². The summed E-state index contributed by atoms with van der Waals surface area (Å²) in [6, 6.07) is 13.6. The highest BCUT2D eigenvalue weighted by atomic mass is 35.5. The van der Waals surface area contributed by atoms with Crippen LogP contribution in [0.25, 0.3) is 10.8 Å². The molecular weight excluding hydrogens is 340 g/mol. The molecule has 0 unspecified atom stereocenters. The van der Waals surface area contributed by atoms with Crippen LogP contribution in [0.3, 0.4) is 0 Å². The Hall–Kier alpha value is -2.66. The van der Waals surface area contributed by atoms with Crippen LogP contribution in [0.15, 0.2) is 53.3 Å². The monoisotopic (exact) mass is 356 g/mol. The molecule has 25 heavy (non-hydrogen) atoms. The van der Waals surface area contributed by atoms with E-state index in [1.54, 1.807) is 48.5 Å². The molecule has 3 aromatic rings. The summed E-state index contributed by atoms with van der Waals surface area (Å²) in [6.07, 6.45) is 0. The SMILES string of the molecule is CC(C)Cn1nc(C(=O)Oc2ccccc2Cl)c2ccccc2c1=O. The number of nitrogens with zero attached hydrogens (tertiary/aromatic N) is 2. The van der Waals surface area contributed by atoms with Gasteiger partial charge >= 0.3 is 5.97 Å². The summed E-state index contributed by atoms with van der Waals surface area (Å²) >= 11 is 6.05. The fraction of sp³-hybridized carbons (Fsp3) is 0.211. The fourth-order valence-corrected chi connectivity index (χ4v) is 2.71. The summed E-state index contributed by atoms with van der Waals surface area (Å²) in [5, 5.41) is 5.48. The maximum atomic E-state index is 12.7. The van der Waals surface area contributed by atoms with E-state index in [1.165, 1.54) is 4.68 Å². The molecular formula is C19H17ClN2O3. The average molecular weight is 357 g/mol. The second-order valence-electron chi connectivity index (χ2n) is 6.10. The standard InChI is InChI=1S/C19H17ClN2O3/c1-12(2)11-22-18(23)14-8-4-3-7-13(14)17(21-22)19(24)25-16-10-6-5-9-15(16)20/h3-10,12H,11H2,1-2H3. The quantitative estimate of drug-likeness (QED) is 0.525. The lowest BCUT2D eigenvalue weighted by atomic mass is 10.1. The van der Waals surface area contributed by atoms with Crippen LogP contribution in [0.5, 0.6) is 5.75 Å². The molecule has 1 heterocycles. The Kier molecular flexibility index (Phi) is 4.86. The van der Waals surface area contributed by atoms with Gasteiger partial charge in [-0.2, -0.15) is 5.10 Å². The third kappa shape index (κ3) is 3.56. The largest absolute Gasteiger partial charge is 0.420 e. The zero-order valence-electron chi connectivity index (χ0n) is 13.9. The minimum atomic E-state index is -0.651. The van der Waals surface area contributed by atoms with Crippen molar-refractivity contribution in [2.75, 3.05) is 0 Å². The first-order valence-corrected chi connectivity index (χ1v) is 8.31. The lowest BCUT2D eigenvalue weighted by Gasteiger charge is -2.12. The fourth-order valence-electron chi connectivity index (χ4n) is 2.53. The molecule has 0 radical (unpaired) electrons. The van der Waals surface area contributed by atoms with Gasteiger partial charge in [0.15, 0.2) is 5.69 Å². The van der Waals surface area contributed by atoms with Gasteiger partial charge < -0.3 is 4.74 Å². The van der Waals surface area contributed by atoms with Crippen LogP contribution < -0.4 is 10.3 Å². The Bertz CT molecular complexity index is 995. The Labute approximate surface area is 149 Å². The number of carbonyl (C=O) groups excluding carboxylic acids is 1. The number of fused-ring (bicyclic) bond motifs is 1. The highest BCUT2D eigenvalue weighted by molar-refractivity contribution is 6.32. The molecule has 6 heteroatoms. The number of esters is 1. The third-order valence-corrected chi connectivity index (χ3v) is 3.95. The summed E-state index contributed by atoms with van der Waals surface area (Å²) in [5.74, 6) is -0.192. The predicted molar refractivity (Wildman–Crippen MR) is 97.3 cm³/mol. The van der Waals surface area contributed by atoms with E-state index in [4.69, 9.17) is 16.3 Å². The van der Waals surface area contributed by atoms with Gasteiger partial charge in [-0.05, 0) is 24.1 Å². The van der Waals surface area contributed by atoms with Gasteiger partial charge in [0.25, 0.3) is 5.56 Å². The van der Waals surface area contributed by atoms with E-state index in [1.807, 2.05) is 13.8 Å². The van der Waals surface area contributed by atoms with Gasteiger partial charge in [0.2, 0.25) is 0 Å². The van der Waals surface area contributed by atoms with Crippen molar-refractivity contribution in [1.29, 1.82) is 0 Å². The molecule has 0 N–H and O–H groups in total. The molecule has 0 aliphatic carbocycles. The highest BCUT2D eigenvalue weighted by Crippen LogP contribution is 2.25. The molecule has 0 atom stereocenters. The van der Waals surface area contributed by atoms with E-state index < -0.39 is 5.97 Å². The third-order valence-electron chi connectivity index (χ3n) is 3.64. The van der Waals surface area contributed by atoms with Crippen molar-refractivity contribution in [2.45, 2.75) is 20.4 Å². The zero-order valence-corrected chi connectivity index (χ0v) is 14.7. The van der Waals surface area contributed by atoms with Gasteiger partial charge in [0.05, 0.1) is 10.4 Å². The molecule has 0 saturated carbocycles. The van der Waals surface area contributed by atoms with Crippen molar-refractivity contribution in [2.24, 2.45) is 5.92 Å². The van der Waals surface area contributed by atoms with Crippen molar-refractivity contribution in [1.82, 2.24) is 9.78 Å². The minimum absolute atomic E-state index is 0.0933. The molecule has 2 aromatic carbocycles. The number of halogens is 1.